The van der Waals surface area contributed by atoms with Crippen molar-refractivity contribution in [1.29, 1.82) is 0 Å². The van der Waals surface area contributed by atoms with Crippen molar-refractivity contribution in [1.82, 2.24) is 0 Å². The van der Waals surface area contributed by atoms with E-state index in [9.17, 15) is 53.1 Å². The van der Waals surface area contributed by atoms with Crippen LogP contribution >= 0.6 is 0 Å². The normalized spacial score (nSPS) is 14.8. The SMILES string of the molecule is C=C(F)C(=O)OC(OCCCC(F)(F)C(F)(F)S(=O)(=O)O)(C(=O)Cc1ccc(C)cc1)C(F)(F)F. The molecule has 0 amide bonds. The summed E-state index contributed by atoms with van der Waals surface area (Å²) in [5, 5.41) is -6.00. The molecule has 0 aromatic heterocycles. The Morgan fingerprint density at radius 1 is 1.03 bits per heavy atom. The lowest BCUT2D eigenvalue weighted by Gasteiger charge is -2.33. The first kappa shape index (κ1) is 30.4. The Morgan fingerprint density at radius 2 is 1.54 bits per heavy atom. The topological polar surface area (TPSA) is 107 Å². The molecule has 0 radical (unpaired) electrons. The molecule has 16 heteroatoms. The maximum atomic E-state index is 13.9. The van der Waals surface area contributed by atoms with Gasteiger partial charge in [0.1, 0.15) is 0 Å². The third-order valence-corrected chi connectivity index (χ3v) is 5.32. The molecule has 0 saturated heterocycles. The molecular formula is C19H18F8O7S. The van der Waals surface area contributed by atoms with Crippen molar-refractivity contribution in [3.63, 3.8) is 0 Å². The summed E-state index contributed by atoms with van der Waals surface area (Å²) in [5.74, 6) is -16.5. The van der Waals surface area contributed by atoms with E-state index in [4.69, 9.17) is 4.55 Å². The molecule has 0 aliphatic heterocycles. The molecule has 1 rings (SSSR count). The third-order valence-electron chi connectivity index (χ3n) is 4.37. The van der Waals surface area contributed by atoms with Crippen LogP contribution in [0.4, 0.5) is 35.1 Å². The molecule has 1 unspecified atom stereocenters. The molecule has 35 heavy (non-hydrogen) atoms. The van der Waals surface area contributed by atoms with Crippen molar-refractivity contribution in [3.8, 4) is 0 Å². The number of ketones is 1. The van der Waals surface area contributed by atoms with Crippen LogP contribution in [0.25, 0.3) is 0 Å². The maximum absolute atomic E-state index is 13.9. The smallest absolute Gasteiger partial charge is 0.411 e. The summed E-state index contributed by atoms with van der Waals surface area (Å²) in [4.78, 5) is 24.0. The van der Waals surface area contributed by atoms with E-state index in [0.29, 0.717) is 5.56 Å². The summed E-state index contributed by atoms with van der Waals surface area (Å²) in [6.07, 6.45) is -10.6. The zero-order chi connectivity index (χ0) is 27.5. The highest BCUT2D eigenvalue weighted by atomic mass is 32.2. The second kappa shape index (κ2) is 10.6. The Balaban J connectivity index is 3.24. The van der Waals surface area contributed by atoms with Gasteiger partial charge in [-0.2, -0.15) is 43.5 Å². The molecule has 198 valence electrons. The lowest BCUT2D eigenvalue weighted by molar-refractivity contribution is -0.346. The van der Waals surface area contributed by atoms with Crippen molar-refractivity contribution in [2.75, 3.05) is 6.61 Å². The van der Waals surface area contributed by atoms with Crippen LogP contribution < -0.4 is 0 Å². The fourth-order valence-corrected chi connectivity index (χ4v) is 2.98. The second-order valence-corrected chi connectivity index (χ2v) is 8.61. The van der Waals surface area contributed by atoms with Gasteiger partial charge in [0.05, 0.1) is 6.61 Å². The first-order valence-electron chi connectivity index (χ1n) is 9.28. The van der Waals surface area contributed by atoms with Gasteiger partial charge < -0.3 is 9.47 Å². The number of Topliss-reactive ketones (excluding diaryl/α,β-unsaturated/α-hetero) is 1. The predicted octanol–water partition coefficient (Wildman–Crippen LogP) is 4.30. The van der Waals surface area contributed by atoms with Crippen LogP contribution in [0.2, 0.25) is 0 Å². The maximum Gasteiger partial charge on any atom is 0.464 e. The average Bonchev–Trinajstić information content (AvgIpc) is 2.69. The monoisotopic (exact) mass is 542 g/mol. The number of alkyl halides is 7. The lowest BCUT2D eigenvalue weighted by Crippen LogP contribution is -2.58. The van der Waals surface area contributed by atoms with E-state index in [0.717, 1.165) is 0 Å². The molecule has 1 aromatic carbocycles. The van der Waals surface area contributed by atoms with Gasteiger partial charge in [0.25, 0.3) is 0 Å². The van der Waals surface area contributed by atoms with Crippen LogP contribution in [0.1, 0.15) is 24.0 Å². The van der Waals surface area contributed by atoms with Crippen LogP contribution in [-0.4, -0.2) is 54.5 Å². The highest BCUT2D eigenvalue weighted by Crippen LogP contribution is 2.42. The van der Waals surface area contributed by atoms with E-state index in [2.05, 4.69) is 16.1 Å². The van der Waals surface area contributed by atoms with Crippen LogP contribution in [-0.2, 0) is 35.6 Å². The molecule has 1 aromatic rings. The lowest BCUT2D eigenvalue weighted by atomic mass is 10.0. The van der Waals surface area contributed by atoms with Crippen molar-refractivity contribution >= 4 is 21.9 Å². The van der Waals surface area contributed by atoms with Gasteiger partial charge in [-0.25, -0.2) is 4.79 Å². The molecular weight excluding hydrogens is 524 g/mol. The number of halogens is 8. The van der Waals surface area contributed by atoms with E-state index in [1.807, 2.05) is 0 Å². The Bertz CT molecular complexity index is 1050. The number of ether oxygens (including phenoxy) is 2. The highest BCUT2D eigenvalue weighted by Gasteiger charge is 2.67. The third kappa shape index (κ3) is 6.98. The molecule has 0 aliphatic rings. The summed E-state index contributed by atoms with van der Waals surface area (Å²) >= 11 is 0. The quantitative estimate of drug-likeness (QED) is 0.105. The first-order valence-corrected chi connectivity index (χ1v) is 10.7. The van der Waals surface area contributed by atoms with E-state index in [1.165, 1.54) is 24.3 Å². The van der Waals surface area contributed by atoms with E-state index in [-0.39, 0.29) is 5.56 Å². The molecule has 0 spiro atoms. The summed E-state index contributed by atoms with van der Waals surface area (Å²) in [6.45, 7) is 2.41. The molecule has 1 atom stereocenters. The number of aryl methyl sites for hydroxylation is 1. The van der Waals surface area contributed by atoms with Gasteiger partial charge in [0, 0.05) is 12.8 Å². The van der Waals surface area contributed by atoms with Gasteiger partial charge in [-0.1, -0.05) is 36.4 Å². The number of hydrogen-bond acceptors (Lipinski definition) is 6. The van der Waals surface area contributed by atoms with E-state index in [1.54, 1.807) is 6.92 Å². The number of rotatable bonds is 12. The van der Waals surface area contributed by atoms with Gasteiger partial charge in [0.2, 0.25) is 11.6 Å². The van der Waals surface area contributed by atoms with Crippen molar-refractivity contribution < 1.29 is 67.2 Å². The number of esters is 1. The Hall–Kier alpha value is -2.59. The molecule has 0 saturated carbocycles. The summed E-state index contributed by atoms with van der Waals surface area (Å²) < 4.78 is 146. The van der Waals surface area contributed by atoms with E-state index >= 15 is 0 Å². The number of benzene rings is 1. The second-order valence-electron chi connectivity index (χ2n) is 7.14. The number of carbonyl (C=O) groups excluding carboxylic acids is 2. The number of hydrogen-bond donors (Lipinski definition) is 1. The molecule has 0 fully saturated rings. The molecule has 1 N–H and O–H groups in total. The van der Waals surface area contributed by atoms with Crippen LogP contribution in [0, 0.1) is 6.92 Å². The van der Waals surface area contributed by atoms with Gasteiger partial charge in [-0.3, -0.25) is 9.35 Å². The van der Waals surface area contributed by atoms with Gasteiger partial charge in [-0.15, -0.1) is 0 Å². The summed E-state index contributed by atoms with van der Waals surface area (Å²) in [6, 6.07) is 5.27. The first-order chi connectivity index (χ1) is 15.7. The van der Waals surface area contributed by atoms with Gasteiger partial charge >= 0.3 is 39.2 Å². The van der Waals surface area contributed by atoms with Gasteiger partial charge in [0.15, 0.2) is 0 Å². The Morgan fingerprint density at radius 3 is 1.97 bits per heavy atom. The van der Waals surface area contributed by atoms with Crippen LogP contribution in [0.15, 0.2) is 36.7 Å². The fraction of sp³-hybridized carbons (Fsp3) is 0.474. The van der Waals surface area contributed by atoms with Crippen LogP contribution in [0.5, 0.6) is 0 Å². The standard InChI is InChI=1S/C19H18F8O7S/c1-11-4-6-13(7-5-11)10-14(28)17(18(23,24)25,34-15(29)12(2)20)33-9-3-8-16(21,22)19(26,27)35(30,31)32/h4-7H,2-3,8-10H2,1H3,(H,30,31,32). The average molecular weight is 542 g/mol. The molecule has 0 bridgehead atoms. The van der Waals surface area contributed by atoms with Crippen molar-refractivity contribution in [2.24, 2.45) is 0 Å². The van der Waals surface area contributed by atoms with Crippen LogP contribution in [0.3, 0.4) is 0 Å². The van der Waals surface area contributed by atoms with E-state index < -0.39 is 76.7 Å². The highest BCUT2D eigenvalue weighted by molar-refractivity contribution is 7.87. The predicted molar refractivity (Wildman–Crippen MR) is 102 cm³/mol. The molecule has 7 nitrogen and oxygen atoms in total. The summed E-state index contributed by atoms with van der Waals surface area (Å²) in [7, 11) is -6.60. The molecule has 0 heterocycles. The number of carbonyl (C=O) groups is 2. The Kier molecular flexibility index (Phi) is 9.20. The van der Waals surface area contributed by atoms with Crippen molar-refractivity contribution in [2.45, 2.75) is 49.3 Å². The molecule has 0 aliphatic carbocycles. The minimum absolute atomic E-state index is 0.0488. The summed E-state index contributed by atoms with van der Waals surface area (Å²) in [5.41, 5.74) is 0.606. The zero-order valence-electron chi connectivity index (χ0n) is 17.7. The fourth-order valence-electron chi connectivity index (χ4n) is 2.50. The Labute approximate surface area is 193 Å². The zero-order valence-corrected chi connectivity index (χ0v) is 18.5. The largest absolute Gasteiger partial charge is 0.464 e. The van der Waals surface area contributed by atoms with Crippen molar-refractivity contribution in [3.05, 3.63) is 47.8 Å². The minimum atomic E-state index is -6.60. The minimum Gasteiger partial charge on any atom is -0.411 e. The van der Waals surface area contributed by atoms with Gasteiger partial charge in [-0.05, 0) is 18.9 Å².